The van der Waals surface area contributed by atoms with E-state index in [2.05, 4.69) is 4.98 Å². The summed E-state index contributed by atoms with van der Waals surface area (Å²) in [5.74, 6) is -9.39. The van der Waals surface area contributed by atoms with E-state index < -0.39 is 126 Å². The maximum Gasteiger partial charge on any atom is 0.340 e. The Morgan fingerprint density at radius 3 is 2.12 bits per heavy atom. The van der Waals surface area contributed by atoms with Crippen LogP contribution in [0.5, 0.6) is 0 Å². The first-order valence-electron chi connectivity index (χ1n) is 19.0. The molecule has 1 aromatic heterocycles. The number of rotatable bonds is 7. The largest absolute Gasteiger partial charge is 0.465 e. The van der Waals surface area contributed by atoms with Crippen LogP contribution in [0.1, 0.15) is 81.3 Å². The van der Waals surface area contributed by atoms with Gasteiger partial charge in [-0.25, -0.2) is 9.59 Å². The molecule has 3 heterocycles. The van der Waals surface area contributed by atoms with E-state index >= 15 is 0 Å². The van der Waals surface area contributed by atoms with Crippen molar-refractivity contribution in [2.75, 3.05) is 13.2 Å². The van der Waals surface area contributed by atoms with Gasteiger partial charge < -0.3 is 48.1 Å². The predicted octanol–water partition coefficient (Wildman–Crippen LogP) is 1.59. The van der Waals surface area contributed by atoms with E-state index in [-0.39, 0.29) is 29.7 Å². The molecule has 1 saturated heterocycles. The molecule has 0 unspecified atom stereocenters. The van der Waals surface area contributed by atoms with E-state index in [9.17, 15) is 43.8 Å². The van der Waals surface area contributed by atoms with Gasteiger partial charge in [-0.05, 0) is 51.0 Å². The smallest absolute Gasteiger partial charge is 0.340 e. The van der Waals surface area contributed by atoms with Gasteiger partial charge in [-0.15, -0.1) is 0 Å². The summed E-state index contributed by atoms with van der Waals surface area (Å²) >= 11 is 0. The SMILES string of the molecule is CC(=O)OC[C@]12[C@H](OC(C)=O)[C@@H](OC(C)=O)[C@@H]3[C@@H](OC(C)=O)[C@@]14O[C@@]3(C)COC(=O)c1cccnc1CC[C@@H](C)C(=O)O[C@@H]([C@H](OC(=O)c1ccccc1)[C@@H]2O)[C@]4(C)O. The van der Waals surface area contributed by atoms with Gasteiger partial charge in [0.05, 0.1) is 28.7 Å². The van der Waals surface area contributed by atoms with E-state index in [1.54, 1.807) is 6.07 Å². The lowest BCUT2D eigenvalue weighted by atomic mass is 9.45. The number of pyridine rings is 1. The number of aliphatic hydroxyl groups excluding tert-OH is 1. The molecular formula is C41H47NO17. The summed E-state index contributed by atoms with van der Waals surface area (Å²) in [7, 11) is 0. The molecule has 2 saturated carbocycles. The average molecular weight is 826 g/mol. The van der Waals surface area contributed by atoms with E-state index in [0.717, 1.165) is 34.6 Å². The lowest BCUT2D eigenvalue weighted by Gasteiger charge is -2.67. The number of carbonyl (C=O) groups excluding carboxylic acids is 7. The quantitative estimate of drug-likeness (QED) is 0.297. The fourth-order valence-corrected chi connectivity index (χ4v) is 9.41. The lowest BCUT2D eigenvalue weighted by Crippen LogP contribution is -2.89. The molecule has 59 heavy (non-hydrogen) atoms. The van der Waals surface area contributed by atoms with Crippen LogP contribution in [0.25, 0.3) is 0 Å². The molecule has 18 heteroatoms. The molecule has 2 aliphatic heterocycles. The van der Waals surface area contributed by atoms with Crippen molar-refractivity contribution >= 4 is 41.8 Å². The van der Waals surface area contributed by atoms with Crippen molar-refractivity contribution in [3.05, 3.63) is 65.5 Å². The fourth-order valence-electron chi connectivity index (χ4n) is 9.41. The van der Waals surface area contributed by atoms with Gasteiger partial charge in [0.15, 0.2) is 23.9 Å². The molecule has 4 aliphatic rings. The average Bonchev–Trinajstić information content (AvgIpc) is 3.39. The first-order chi connectivity index (χ1) is 27.7. The molecule has 12 atom stereocenters. The van der Waals surface area contributed by atoms with Crippen molar-refractivity contribution in [1.29, 1.82) is 0 Å². The van der Waals surface area contributed by atoms with Crippen molar-refractivity contribution in [2.24, 2.45) is 17.3 Å². The van der Waals surface area contributed by atoms with Crippen molar-refractivity contribution < 1.29 is 81.7 Å². The maximum atomic E-state index is 14.2. The highest BCUT2D eigenvalue weighted by atomic mass is 16.7. The van der Waals surface area contributed by atoms with Gasteiger partial charge in [-0.1, -0.05) is 25.1 Å². The van der Waals surface area contributed by atoms with Crippen molar-refractivity contribution in [2.45, 2.75) is 115 Å². The topological polar surface area (TPSA) is 247 Å². The number of hydrogen-bond donors (Lipinski definition) is 2. The maximum absolute atomic E-state index is 14.2. The van der Waals surface area contributed by atoms with Crippen LogP contribution >= 0.6 is 0 Å². The minimum Gasteiger partial charge on any atom is -0.465 e. The minimum atomic E-state index is -2.81. The lowest BCUT2D eigenvalue weighted by molar-refractivity contribution is -0.385. The standard InChI is InChI=1S/C41H47NO17/c1-20-15-16-27-26(14-11-17-42-27)37(50)53-18-38(6)28-29(54-22(3)44)34(56-24(5)46)40(19-52-21(2)43)31(47)30(57-36(49)25-12-9-8-10-13-25)33(58-35(20)48)39(7,51)41(40,59-38)32(28)55-23(4)45/h8-14,17,20,28-34,47,51H,15-16,18-19H2,1-7H3/t20-,28-,29+,30-,31+,32-,33+,34-,38+,39+,40+,41+/m1/s1. The Balaban J connectivity index is 1.72. The van der Waals surface area contributed by atoms with Crippen LogP contribution in [-0.4, -0.2) is 124 Å². The second-order valence-electron chi connectivity index (χ2n) is 15.8. The number of carbonyl (C=O) groups is 7. The molecule has 3 fully saturated rings. The van der Waals surface area contributed by atoms with Crippen LogP contribution in [0.15, 0.2) is 48.7 Å². The normalized spacial score (nSPS) is 36.3. The highest BCUT2D eigenvalue weighted by molar-refractivity contribution is 5.91. The van der Waals surface area contributed by atoms with Gasteiger partial charge in [0, 0.05) is 33.9 Å². The number of cyclic esters (lactones) is 1. The number of nitrogens with zero attached hydrogens (tertiary/aromatic N) is 1. The van der Waals surface area contributed by atoms with Crippen LogP contribution in [-0.2, 0) is 68.3 Å². The van der Waals surface area contributed by atoms with Crippen LogP contribution in [0, 0.1) is 17.3 Å². The highest BCUT2D eigenvalue weighted by Gasteiger charge is 2.91. The summed E-state index contributed by atoms with van der Waals surface area (Å²) in [5.41, 5.74) is -9.93. The molecule has 0 amide bonds. The third-order valence-electron chi connectivity index (χ3n) is 11.8. The Kier molecular flexibility index (Phi) is 11.7. The fraction of sp³-hybridized carbons (Fsp3) is 0.561. The number of esters is 7. The molecule has 6 rings (SSSR count). The number of hydrogen-bond acceptors (Lipinski definition) is 18. The molecule has 18 nitrogen and oxygen atoms in total. The highest BCUT2D eigenvalue weighted by Crippen LogP contribution is 2.69. The molecule has 4 bridgehead atoms. The molecule has 2 aromatic rings. The number of aliphatic hydroxyl groups is 2. The summed E-state index contributed by atoms with van der Waals surface area (Å²) in [5, 5.41) is 26.5. The van der Waals surface area contributed by atoms with Crippen LogP contribution in [0.2, 0.25) is 0 Å². The number of aryl methyl sites for hydroxylation is 1. The number of ether oxygens (including phenoxy) is 8. The van der Waals surface area contributed by atoms with Gasteiger partial charge in [0.1, 0.15) is 48.1 Å². The van der Waals surface area contributed by atoms with Crippen molar-refractivity contribution in [3.8, 4) is 0 Å². The third kappa shape index (κ3) is 7.20. The van der Waals surface area contributed by atoms with Gasteiger partial charge in [0.2, 0.25) is 0 Å². The molecule has 2 N–H and O–H groups in total. The predicted molar refractivity (Wildman–Crippen MR) is 196 cm³/mol. The van der Waals surface area contributed by atoms with Gasteiger partial charge in [0.25, 0.3) is 0 Å². The molecule has 318 valence electrons. The third-order valence-corrected chi connectivity index (χ3v) is 11.8. The first-order valence-corrected chi connectivity index (χ1v) is 19.0. The van der Waals surface area contributed by atoms with E-state index in [1.165, 1.54) is 56.4 Å². The zero-order valence-corrected chi connectivity index (χ0v) is 33.5. The Morgan fingerprint density at radius 1 is 0.847 bits per heavy atom. The first kappa shape index (κ1) is 43.1. The van der Waals surface area contributed by atoms with Crippen LogP contribution in [0.3, 0.4) is 0 Å². The van der Waals surface area contributed by atoms with E-state index in [4.69, 9.17) is 37.9 Å². The molecular weight excluding hydrogens is 778 g/mol. The Morgan fingerprint density at radius 2 is 1.49 bits per heavy atom. The monoisotopic (exact) mass is 825 g/mol. The van der Waals surface area contributed by atoms with Gasteiger partial charge in [-0.3, -0.25) is 29.0 Å². The Hall–Kier alpha value is -5.46. The van der Waals surface area contributed by atoms with Gasteiger partial charge in [-0.2, -0.15) is 0 Å². The zero-order valence-electron chi connectivity index (χ0n) is 33.5. The minimum absolute atomic E-state index is 0.0287. The Bertz CT molecular complexity index is 2020. The second-order valence-corrected chi connectivity index (χ2v) is 15.8. The summed E-state index contributed by atoms with van der Waals surface area (Å²) in [6.07, 6.45) is -10.6. The zero-order chi connectivity index (χ0) is 43.2. The number of benzene rings is 1. The number of aromatic nitrogens is 1. The van der Waals surface area contributed by atoms with E-state index in [0.29, 0.717) is 0 Å². The second kappa shape index (κ2) is 16.0. The summed E-state index contributed by atoms with van der Waals surface area (Å²) in [4.78, 5) is 98.6. The molecule has 1 aromatic carbocycles. The summed E-state index contributed by atoms with van der Waals surface area (Å²) < 4.78 is 48.4. The molecule has 2 aliphatic carbocycles. The van der Waals surface area contributed by atoms with Crippen LogP contribution < -0.4 is 0 Å². The summed E-state index contributed by atoms with van der Waals surface area (Å²) in [6.45, 7) is 6.28. The van der Waals surface area contributed by atoms with E-state index in [1.807, 2.05) is 0 Å². The Labute approximate surface area is 338 Å². The van der Waals surface area contributed by atoms with Crippen molar-refractivity contribution in [3.63, 3.8) is 0 Å². The number of fused-ring (bicyclic) bond motifs is 5. The molecule has 0 radical (unpaired) electrons. The molecule has 1 spiro atoms. The van der Waals surface area contributed by atoms with Gasteiger partial charge >= 0.3 is 41.8 Å². The summed E-state index contributed by atoms with van der Waals surface area (Å²) in [6, 6.07) is 10.5. The van der Waals surface area contributed by atoms with Crippen molar-refractivity contribution in [1.82, 2.24) is 4.98 Å². The van der Waals surface area contributed by atoms with Crippen LogP contribution in [0.4, 0.5) is 0 Å².